The van der Waals surface area contributed by atoms with Crippen molar-refractivity contribution in [1.29, 1.82) is 0 Å². The number of benzene rings is 1. The lowest BCUT2D eigenvalue weighted by atomic mass is 10.0. The van der Waals surface area contributed by atoms with Crippen molar-refractivity contribution in [3.63, 3.8) is 0 Å². The van der Waals surface area contributed by atoms with Gasteiger partial charge in [-0.25, -0.2) is 4.98 Å². The lowest BCUT2D eigenvalue weighted by Crippen LogP contribution is -2.44. The van der Waals surface area contributed by atoms with Crippen LogP contribution in [0.5, 0.6) is 0 Å². The topological polar surface area (TPSA) is 56.2 Å². The molecule has 1 fully saturated rings. The highest BCUT2D eigenvalue weighted by Crippen LogP contribution is 2.24. The third-order valence-electron chi connectivity index (χ3n) is 4.44. The summed E-state index contributed by atoms with van der Waals surface area (Å²) in [4.78, 5) is 16.8. The monoisotopic (exact) mass is 301 g/mol. The normalized spacial score (nSPS) is 21.4. The van der Waals surface area contributed by atoms with Crippen LogP contribution in [0.2, 0.25) is 0 Å². The zero-order valence-electron chi connectivity index (χ0n) is 13.3. The fourth-order valence-electron chi connectivity index (χ4n) is 3.01. The fourth-order valence-corrected chi connectivity index (χ4v) is 3.01. The molecule has 118 valence electrons. The number of hydrogen-bond donors (Lipinski definition) is 1. The molecule has 0 unspecified atom stereocenters. The Labute approximate surface area is 130 Å². The van der Waals surface area contributed by atoms with Gasteiger partial charge in [-0.2, -0.15) is 0 Å². The number of rotatable bonds is 5. The average molecular weight is 301 g/mol. The van der Waals surface area contributed by atoms with Gasteiger partial charge in [-0.15, -0.1) is 0 Å². The number of hydrogen-bond acceptors (Lipinski definition) is 3. The summed E-state index contributed by atoms with van der Waals surface area (Å²) in [6.45, 7) is 3.21. The van der Waals surface area contributed by atoms with Crippen LogP contribution in [-0.4, -0.2) is 34.2 Å². The lowest BCUT2D eigenvalue weighted by molar-refractivity contribution is -0.139. The number of imidazole rings is 1. The summed E-state index contributed by atoms with van der Waals surface area (Å²) in [6, 6.07) is 8.13. The Kier molecular flexibility index (Phi) is 4.16. The van der Waals surface area contributed by atoms with E-state index in [9.17, 15) is 4.79 Å². The molecule has 1 saturated heterocycles. The van der Waals surface area contributed by atoms with Crippen LogP contribution >= 0.6 is 0 Å². The Morgan fingerprint density at radius 3 is 3.00 bits per heavy atom. The van der Waals surface area contributed by atoms with E-state index in [1.54, 1.807) is 0 Å². The average Bonchev–Trinajstić information content (AvgIpc) is 3.10. The quantitative estimate of drug-likeness (QED) is 0.861. The SMILES string of the molecule is Cn1c(CCCNC(=O)[C@@]2(C)CCCO2)nc2ccccc21. The zero-order chi connectivity index (χ0) is 15.6. The second kappa shape index (κ2) is 6.08. The molecule has 2 aromatic rings. The standard InChI is InChI=1S/C17H23N3O2/c1-17(10-6-12-22-17)16(21)18-11-5-9-15-19-13-7-3-4-8-14(13)20(15)2/h3-4,7-8H,5-6,9-12H2,1-2H3,(H,18,21)/t17-/m1/s1. The maximum atomic E-state index is 12.1. The summed E-state index contributed by atoms with van der Waals surface area (Å²) in [7, 11) is 2.04. The van der Waals surface area contributed by atoms with Crippen molar-refractivity contribution in [2.75, 3.05) is 13.2 Å². The molecule has 1 aromatic carbocycles. The van der Waals surface area contributed by atoms with Gasteiger partial charge in [0.05, 0.1) is 11.0 Å². The number of nitrogens with zero attached hydrogens (tertiary/aromatic N) is 2. The molecule has 0 spiro atoms. The van der Waals surface area contributed by atoms with Crippen molar-refractivity contribution >= 4 is 16.9 Å². The van der Waals surface area contributed by atoms with Crippen molar-refractivity contribution < 1.29 is 9.53 Å². The molecule has 5 nitrogen and oxygen atoms in total. The Morgan fingerprint density at radius 1 is 1.45 bits per heavy atom. The van der Waals surface area contributed by atoms with E-state index >= 15 is 0 Å². The molecule has 1 aliphatic heterocycles. The van der Waals surface area contributed by atoms with Crippen molar-refractivity contribution in [1.82, 2.24) is 14.9 Å². The summed E-state index contributed by atoms with van der Waals surface area (Å²) >= 11 is 0. The number of ether oxygens (including phenoxy) is 1. The van der Waals surface area contributed by atoms with E-state index in [-0.39, 0.29) is 5.91 Å². The van der Waals surface area contributed by atoms with Gasteiger partial charge in [0.15, 0.2) is 0 Å². The number of fused-ring (bicyclic) bond motifs is 1. The first kappa shape index (κ1) is 15.0. The second-order valence-corrected chi connectivity index (χ2v) is 6.12. The lowest BCUT2D eigenvalue weighted by Gasteiger charge is -2.21. The van der Waals surface area contributed by atoms with Gasteiger partial charge in [0.2, 0.25) is 0 Å². The molecule has 22 heavy (non-hydrogen) atoms. The highest BCUT2D eigenvalue weighted by Gasteiger charge is 2.37. The number of amides is 1. The number of aromatic nitrogens is 2. The minimum absolute atomic E-state index is 0.00926. The van der Waals surface area contributed by atoms with Crippen LogP contribution in [0.3, 0.4) is 0 Å². The molecule has 1 atom stereocenters. The van der Waals surface area contributed by atoms with Crippen molar-refractivity contribution in [2.24, 2.45) is 7.05 Å². The van der Waals surface area contributed by atoms with Crippen molar-refractivity contribution in [3.8, 4) is 0 Å². The van der Waals surface area contributed by atoms with Gasteiger partial charge in [0.25, 0.3) is 5.91 Å². The molecule has 0 bridgehead atoms. The van der Waals surface area contributed by atoms with E-state index < -0.39 is 5.60 Å². The predicted octanol–water partition coefficient (Wildman–Crippen LogP) is 2.19. The molecule has 1 amide bonds. The smallest absolute Gasteiger partial charge is 0.251 e. The zero-order valence-corrected chi connectivity index (χ0v) is 13.3. The third-order valence-corrected chi connectivity index (χ3v) is 4.44. The van der Waals surface area contributed by atoms with E-state index in [0.717, 1.165) is 42.5 Å². The highest BCUT2D eigenvalue weighted by atomic mass is 16.5. The first-order valence-electron chi connectivity index (χ1n) is 7.93. The predicted molar refractivity (Wildman–Crippen MR) is 85.6 cm³/mol. The van der Waals surface area contributed by atoms with Gasteiger partial charge in [0.1, 0.15) is 11.4 Å². The van der Waals surface area contributed by atoms with Crippen LogP contribution in [0.25, 0.3) is 11.0 Å². The minimum Gasteiger partial charge on any atom is -0.365 e. The highest BCUT2D eigenvalue weighted by molar-refractivity contribution is 5.85. The molecule has 2 heterocycles. The Bertz CT molecular complexity index is 672. The van der Waals surface area contributed by atoms with Gasteiger partial charge in [0, 0.05) is 26.6 Å². The van der Waals surface area contributed by atoms with Gasteiger partial charge in [-0.3, -0.25) is 4.79 Å². The number of carbonyl (C=O) groups is 1. The Balaban J connectivity index is 1.52. The maximum Gasteiger partial charge on any atom is 0.251 e. The van der Waals surface area contributed by atoms with Crippen LogP contribution in [0.1, 0.15) is 32.0 Å². The summed E-state index contributed by atoms with van der Waals surface area (Å²) in [5.41, 5.74) is 1.54. The molecule has 0 radical (unpaired) electrons. The summed E-state index contributed by atoms with van der Waals surface area (Å²) in [5.74, 6) is 1.06. The van der Waals surface area contributed by atoms with E-state index in [2.05, 4.69) is 20.9 Å². The molecule has 3 rings (SSSR count). The molecule has 0 saturated carbocycles. The van der Waals surface area contributed by atoms with Gasteiger partial charge >= 0.3 is 0 Å². The Hall–Kier alpha value is -1.88. The molecule has 0 aliphatic carbocycles. The maximum absolute atomic E-state index is 12.1. The van der Waals surface area contributed by atoms with Crippen LogP contribution in [0, 0.1) is 0 Å². The number of carbonyl (C=O) groups excluding carboxylic acids is 1. The van der Waals surface area contributed by atoms with Crippen LogP contribution < -0.4 is 5.32 Å². The van der Waals surface area contributed by atoms with Gasteiger partial charge in [-0.1, -0.05) is 12.1 Å². The first-order valence-corrected chi connectivity index (χ1v) is 7.93. The van der Waals surface area contributed by atoms with Crippen molar-refractivity contribution in [3.05, 3.63) is 30.1 Å². The molecular formula is C17H23N3O2. The van der Waals surface area contributed by atoms with Crippen LogP contribution in [-0.2, 0) is 23.0 Å². The van der Waals surface area contributed by atoms with Gasteiger partial charge in [-0.05, 0) is 38.3 Å². The number of nitrogens with one attached hydrogen (secondary N) is 1. The summed E-state index contributed by atoms with van der Waals surface area (Å²) in [5, 5.41) is 2.99. The first-order chi connectivity index (χ1) is 10.6. The van der Waals surface area contributed by atoms with E-state index in [0.29, 0.717) is 13.2 Å². The largest absolute Gasteiger partial charge is 0.365 e. The molecule has 1 N–H and O–H groups in total. The minimum atomic E-state index is -0.627. The van der Waals surface area contributed by atoms with Gasteiger partial charge < -0.3 is 14.6 Å². The van der Waals surface area contributed by atoms with E-state index in [4.69, 9.17) is 4.74 Å². The number of aryl methyl sites for hydroxylation is 2. The molecular weight excluding hydrogens is 278 g/mol. The van der Waals surface area contributed by atoms with Crippen molar-refractivity contribution in [2.45, 2.75) is 38.2 Å². The number of para-hydroxylation sites is 2. The summed E-state index contributed by atoms with van der Waals surface area (Å²) in [6.07, 6.45) is 3.50. The second-order valence-electron chi connectivity index (χ2n) is 6.12. The summed E-state index contributed by atoms with van der Waals surface area (Å²) < 4.78 is 7.67. The fraction of sp³-hybridized carbons (Fsp3) is 0.529. The van der Waals surface area contributed by atoms with Crippen LogP contribution in [0.15, 0.2) is 24.3 Å². The van der Waals surface area contributed by atoms with E-state index in [1.165, 1.54) is 0 Å². The van der Waals surface area contributed by atoms with Crippen LogP contribution in [0.4, 0.5) is 0 Å². The molecule has 1 aromatic heterocycles. The Morgan fingerprint density at radius 2 is 2.27 bits per heavy atom. The van der Waals surface area contributed by atoms with E-state index in [1.807, 2.05) is 32.2 Å². The third kappa shape index (κ3) is 2.86. The molecule has 5 heteroatoms. The molecule has 1 aliphatic rings.